The van der Waals surface area contributed by atoms with Crippen molar-refractivity contribution in [3.05, 3.63) is 11.2 Å². The molecule has 2 heterocycles. The maximum absolute atomic E-state index is 4.48. The Balaban J connectivity index is 2.30. The minimum Gasteiger partial charge on any atom is -0.260 e. The molecule has 2 aromatic rings. The van der Waals surface area contributed by atoms with Crippen LogP contribution in [0.1, 0.15) is 5.01 Å². The van der Waals surface area contributed by atoms with Crippen molar-refractivity contribution in [2.24, 2.45) is 0 Å². The number of H-pyrrole nitrogens is 1. The highest BCUT2D eigenvalue weighted by molar-refractivity contribution is 8.31. The van der Waals surface area contributed by atoms with Gasteiger partial charge in [0.25, 0.3) is 0 Å². The van der Waals surface area contributed by atoms with Crippen molar-refractivity contribution >= 4 is 31.7 Å². The Morgan fingerprint density at radius 1 is 1.46 bits per heavy atom. The summed E-state index contributed by atoms with van der Waals surface area (Å²) in [6.07, 6.45) is 8.76. The van der Waals surface area contributed by atoms with Crippen molar-refractivity contribution < 1.29 is 0 Å². The molecule has 0 aromatic carbocycles. The van der Waals surface area contributed by atoms with E-state index in [0.29, 0.717) is 0 Å². The summed E-state index contributed by atoms with van der Waals surface area (Å²) in [5, 5.41) is 8.04. The lowest BCUT2D eigenvalue weighted by Crippen LogP contribution is -1.95. The van der Waals surface area contributed by atoms with E-state index in [2.05, 4.69) is 33.9 Å². The molecule has 0 unspecified atom stereocenters. The number of aromatic amines is 1. The van der Waals surface area contributed by atoms with Gasteiger partial charge in [0.1, 0.15) is 5.01 Å². The first-order valence-electron chi connectivity index (χ1n) is 3.99. The van der Waals surface area contributed by atoms with Crippen LogP contribution in [-0.2, 0) is 5.75 Å². The molecule has 0 radical (unpaired) electrons. The number of hydrogen-bond acceptors (Lipinski definition) is 3. The maximum atomic E-state index is 4.48. The molecule has 0 aliphatic rings. The fourth-order valence-corrected chi connectivity index (χ4v) is 3.92. The van der Waals surface area contributed by atoms with Crippen molar-refractivity contribution in [3.8, 4) is 0 Å². The van der Waals surface area contributed by atoms with Gasteiger partial charge >= 0.3 is 0 Å². The lowest BCUT2D eigenvalue weighted by atomic mass is 10.7. The molecule has 72 valence electrons. The molecule has 0 spiro atoms. The topological polar surface area (TPSA) is 41.6 Å². The SMILES string of the molecule is CS(C)(C)Cc1nc2[nH]ncc2s1. The highest BCUT2D eigenvalue weighted by Gasteiger charge is 2.10. The average Bonchev–Trinajstić information content (AvgIpc) is 2.40. The molecule has 0 saturated heterocycles. The molecule has 0 saturated carbocycles. The molecule has 1 N–H and O–H groups in total. The van der Waals surface area contributed by atoms with Crippen LogP contribution in [0.15, 0.2) is 6.20 Å². The Morgan fingerprint density at radius 3 is 2.85 bits per heavy atom. The van der Waals surface area contributed by atoms with Gasteiger partial charge in [-0.05, 0) is 18.8 Å². The summed E-state index contributed by atoms with van der Waals surface area (Å²) in [6, 6.07) is 0. The van der Waals surface area contributed by atoms with Gasteiger partial charge in [-0.2, -0.15) is 5.10 Å². The molecule has 0 aliphatic heterocycles. The minimum absolute atomic E-state index is 0.489. The summed E-state index contributed by atoms with van der Waals surface area (Å²) >= 11 is 1.75. The van der Waals surface area contributed by atoms with Crippen molar-refractivity contribution in [2.75, 3.05) is 18.8 Å². The Hall–Kier alpha value is -0.550. The third-order valence-electron chi connectivity index (χ3n) is 1.61. The molecule has 0 amide bonds. The van der Waals surface area contributed by atoms with E-state index in [1.54, 1.807) is 11.3 Å². The van der Waals surface area contributed by atoms with Crippen molar-refractivity contribution in [3.63, 3.8) is 0 Å². The lowest BCUT2D eigenvalue weighted by Gasteiger charge is -2.22. The van der Waals surface area contributed by atoms with Crippen LogP contribution < -0.4 is 0 Å². The summed E-state index contributed by atoms with van der Waals surface area (Å²) in [4.78, 5) is 4.48. The second-order valence-corrected chi connectivity index (χ2v) is 9.51. The van der Waals surface area contributed by atoms with E-state index in [-0.39, 0.29) is 0 Å². The number of nitrogens with one attached hydrogen (secondary N) is 1. The van der Waals surface area contributed by atoms with Crippen LogP contribution >= 0.6 is 21.4 Å². The van der Waals surface area contributed by atoms with Crippen LogP contribution in [0.4, 0.5) is 0 Å². The van der Waals surface area contributed by atoms with E-state index in [0.717, 1.165) is 11.4 Å². The minimum atomic E-state index is -0.489. The Morgan fingerprint density at radius 2 is 2.23 bits per heavy atom. The normalized spacial score (nSPS) is 13.8. The van der Waals surface area contributed by atoms with Gasteiger partial charge in [0.05, 0.1) is 10.9 Å². The largest absolute Gasteiger partial charge is 0.260 e. The smallest absolute Gasteiger partial charge is 0.166 e. The lowest BCUT2D eigenvalue weighted by molar-refractivity contribution is 1.09. The van der Waals surface area contributed by atoms with Crippen LogP contribution in [0.5, 0.6) is 0 Å². The van der Waals surface area contributed by atoms with E-state index in [1.807, 2.05) is 6.20 Å². The highest BCUT2D eigenvalue weighted by atomic mass is 32.3. The molecule has 0 aliphatic carbocycles. The summed E-state index contributed by atoms with van der Waals surface area (Å²) in [5.41, 5.74) is 0.934. The Bertz CT molecular complexity index is 382. The molecule has 5 heteroatoms. The van der Waals surface area contributed by atoms with Gasteiger partial charge in [0.2, 0.25) is 0 Å². The molecular weight excluding hydrogens is 202 g/mol. The zero-order valence-electron chi connectivity index (χ0n) is 8.00. The van der Waals surface area contributed by atoms with Gasteiger partial charge in [0, 0.05) is 5.75 Å². The molecule has 0 fully saturated rings. The number of fused-ring (bicyclic) bond motifs is 1. The van der Waals surface area contributed by atoms with Gasteiger partial charge < -0.3 is 0 Å². The average molecular weight is 215 g/mol. The number of hydrogen-bond donors (Lipinski definition) is 1. The molecule has 0 atom stereocenters. The van der Waals surface area contributed by atoms with Gasteiger partial charge in [-0.25, -0.2) is 15.0 Å². The molecule has 3 nitrogen and oxygen atoms in total. The van der Waals surface area contributed by atoms with Crippen LogP contribution in [0.25, 0.3) is 10.3 Å². The molecule has 0 bridgehead atoms. The molecular formula is C8H13N3S2. The number of rotatable bonds is 2. The van der Waals surface area contributed by atoms with Crippen molar-refractivity contribution in [2.45, 2.75) is 5.75 Å². The first-order chi connectivity index (χ1) is 6.04. The third-order valence-corrected chi connectivity index (χ3v) is 3.92. The first kappa shape index (κ1) is 9.02. The van der Waals surface area contributed by atoms with E-state index in [4.69, 9.17) is 0 Å². The maximum Gasteiger partial charge on any atom is 0.166 e. The fraction of sp³-hybridized carbons (Fsp3) is 0.500. The van der Waals surface area contributed by atoms with Gasteiger partial charge in [-0.1, -0.05) is 0 Å². The van der Waals surface area contributed by atoms with Gasteiger partial charge in [-0.15, -0.1) is 11.3 Å². The van der Waals surface area contributed by atoms with Crippen LogP contribution in [0.3, 0.4) is 0 Å². The summed E-state index contributed by atoms with van der Waals surface area (Å²) in [7, 11) is -0.489. The first-order valence-corrected chi connectivity index (χ1v) is 7.84. The number of nitrogens with zero attached hydrogens (tertiary/aromatic N) is 2. The second kappa shape index (κ2) is 2.99. The number of aromatic nitrogens is 3. The number of thiazole rings is 1. The zero-order chi connectivity index (χ0) is 9.47. The summed E-state index contributed by atoms with van der Waals surface area (Å²) < 4.78 is 1.17. The third kappa shape index (κ3) is 2.03. The predicted octanol–water partition coefficient (Wildman–Crippen LogP) is 2.21. The van der Waals surface area contributed by atoms with Crippen LogP contribution in [0.2, 0.25) is 0 Å². The quantitative estimate of drug-likeness (QED) is 0.834. The summed E-state index contributed by atoms with van der Waals surface area (Å²) in [6.45, 7) is 0. The molecule has 2 aromatic heterocycles. The van der Waals surface area contributed by atoms with Crippen molar-refractivity contribution in [1.82, 2.24) is 15.2 Å². The second-order valence-electron chi connectivity index (χ2n) is 3.93. The molecule has 2 rings (SSSR count). The van der Waals surface area contributed by atoms with Crippen LogP contribution in [-0.4, -0.2) is 33.9 Å². The Kier molecular flexibility index (Phi) is 2.08. The van der Waals surface area contributed by atoms with E-state index < -0.39 is 10.0 Å². The zero-order valence-corrected chi connectivity index (χ0v) is 9.63. The van der Waals surface area contributed by atoms with E-state index >= 15 is 0 Å². The van der Waals surface area contributed by atoms with E-state index in [9.17, 15) is 0 Å². The fourth-order valence-electron chi connectivity index (χ4n) is 1.13. The van der Waals surface area contributed by atoms with Gasteiger partial charge in [0.15, 0.2) is 5.65 Å². The Labute approximate surface area is 82.9 Å². The standard InChI is InChI=1S/C8H13N3S2/c1-13(2,3)5-7-10-8-6(12-7)4-9-11-8/h4H,5H2,1-3H3,(H,9,11). The van der Waals surface area contributed by atoms with Gasteiger partial charge in [-0.3, -0.25) is 5.10 Å². The summed E-state index contributed by atoms with van der Waals surface area (Å²) in [5.74, 6) is 1.11. The monoisotopic (exact) mass is 215 g/mol. The molecule has 13 heavy (non-hydrogen) atoms. The van der Waals surface area contributed by atoms with Crippen LogP contribution in [0, 0.1) is 0 Å². The highest BCUT2D eigenvalue weighted by Crippen LogP contribution is 2.40. The predicted molar refractivity (Wildman–Crippen MR) is 60.8 cm³/mol. The van der Waals surface area contributed by atoms with Crippen molar-refractivity contribution in [1.29, 1.82) is 0 Å². The van der Waals surface area contributed by atoms with E-state index in [1.165, 1.54) is 9.71 Å².